The zero-order chi connectivity index (χ0) is 27.0. The van der Waals surface area contributed by atoms with Gasteiger partial charge in [-0.25, -0.2) is 4.99 Å². The second-order valence-corrected chi connectivity index (χ2v) is 10.1. The monoisotopic (exact) mass is 534 g/mol. The predicted octanol–water partition coefficient (Wildman–Crippen LogP) is 7.78. The van der Waals surface area contributed by atoms with Gasteiger partial charge >= 0.3 is 0 Å². The Morgan fingerprint density at radius 2 is 1.56 bits per heavy atom. The van der Waals surface area contributed by atoms with Crippen LogP contribution >= 0.6 is 11.8 Å². The van der Waals surface area contributed by atoms with Crippen LogP contribution in [-0.4, -0.2) is 22.6 Å². The Morgan fingerprint density at radius 1 is 0.821 bits per heavy atom. The van der Waals surface area contributed by atoms with Crippen molar-refractivity contribution in [3.63, 3.8) is 0 Å². The average Bonchev–Trinajstić information content (AvgIpc) is 3.23. The van der Waals surface area contributed by atoms with E-state index in [4.69, 9.17) is 14.5 Å². The van der Waals surface area contributed by atoms with E-state index in [1.54, 1.807) is 4.90 Å². The maximum atomic E-state index is 13.6. The smallest absolute Gasteiger partial charge is 0.267 e. The summed E-state index contributed by atoms with van der Waals surface area (Å²) in [4.78, 5) is 20.7. The van der Waals surface area contributed by atoms with Gasteiger partial charge in [0.05, 0.1) is 23.7 Å². The van der Waals surface area contributed by atoms with E-state index in [2.05, 4.69) is 19.1 Å². The van der Waals surface area contributed by atoms with Crippen molar-refractivity contribution in [3.8, 4) is 11.5 Å². The number of nitrogens with zero attached hydrogens (tertiary/aromatic N) is 2. The first-order chi connectivity index (χ1) is 19.1. The molecule has 0 aliphatic carbocycles. The number of para-hydroxylation sites is 1. The summed E-state index contributed by atoms with van der Waals surface area (Å²) < 4.78 is 12.0. The second-order valence-electron chi connectivity index (χ2n) is 9.13. The molecule has 6 heteroatoms. The Morgan fingerprint density at radius 3 is 2.31 bits per heavy atom. The van der Waals surface area contributed by atoms with Crippen LogP contribution in [0.1, 0.15) is 29.2 Å². The van der Waals surface area contributed by atoms with Crippen molar-refractivity contribution in [2.24, 2.45) is 4.99 Å². The van der Waals surface area contributed by atoms with Crippen molar-refractivity contribution in [3.05, 3.63) is 130 Å². The van der Waals surface area contributed by atoms with Crippen molar-refractivity contribution >= 4 is 34.6 Å². The highest BCUT2D eigenvalue weighted by Gasteiger charge is 2.33. The van der Waals surface area contributed by atoms with Crippen LogP contribution in [0.25, 0.3) is 6.08 Å². The highest BCUT2D eigenvalue weighted by molar-refractivity contribution is 8.18. The first-order valence-corrected chi connectivity index (χ1v) is 13.7. The van der Waals surface area contributed by atoms with Crippen LogP contribution in [0.5, 0.6) is 11.5 Å². The summed E-state index contributed by atoms with van der Waals surface area (Å²) >= 11 is 1.38. The number of amidine groups is 1. The largest absolute Gasteiger partial charge is 0.490 e. The van der Waals surface area contributed by atoms with Crippen molar-refractivity contribution in [1.82, 2.24) is 4.90 Å². The van der Waals surface area contributed by atoms with Crippen LogP contribution < -0.4 is 9.47 Å². The van der Waals surface area contributed by atoms with Crippen molar-refractivity contribution in [2.45, 2.75) is 27.0 Å². The number of carbonyl (C=O) groups is 1. The van der Waals surface area contributed by atoms with Gasteiger partial charge in [0.15, 0.2) is 16.7 Å². The molecule has 0 unspecified atom stereocenters. The molecule has 0 saturated carbocycles. The fraction of sp³-hybridized carbons (Fsp3) is 0.152. The fourth-order valence-corrected chi connectivity index (χ4v) is 5.22. The standard InChI is InChI=1S/C33H30N2O3S/c1-3-37-30-20-26(17-18-29(30)38-23-27-14-10-11-24(2)19-27)21-31-32(36)35(22-25-12-6-4-7-13-25)33(39-31)34-28-15-8-5-9-16-28/h4-21H,3,22-23H2,1-2H3/b31-21+,34-33?. The molecule has 0 spiro atoms. The number of aliphatic imine (C=N–C) groups is 1. The fourth-order valence-electron chi connectivity index (χ4n) is 4.23. The summed E-state index contributed by atoms with van der Waals surface area (Å²) in [5.74, 6) is 1.24. The third-order valence-electron chi connectivity index (χ3n) is 6.09. The van der Waals surface area contributed by atoms with Crippen LogP contribution in [0.2, 0.25) is 0 Å². The van der Waals surface area contributed by atoms with Crippen molar-refractivity contribution in [2.75, 3.05) is 6.61 Å². The number of thioether (sulfide) groups is 1. The third-order valence-corrected chi connectivity index (χ3v) is 7.10. The van der Waals surface area contributed by atoms with E-state index in [1.807, 2.05) is 104 Å². The van der Waals surface area contributed by atoms with Gasteiger partial charge in [-0.2, -0.15) is 0 Å². The number of ether oxygens (including phenoxy) is 2. The summed E-state index contributed by atoms with van der Waals surface area (Å²) in [5, 5.41) is 0.657. The van der Waals surface area contributed by atoms with E-state index in [0.717, 1.165) is 22.4 Å². The lowest BCUT2D eigenvalue weighted by molar-refractivity contribution is -0.122. The molecule has 5 rings (SSSR count). The SMILES string of the molecule is CCOc1cc(/C=C2/SC(=Nc3ccccc3)N(Cc3ccccc3)C2=O)ccc1OCc1cccc(C)c1. The molecule has 0 atom stereocenters. The number of benzene rings is 4. The molecule has 0 radical (unpaired) electrons. The summed E-state index contributed by atoms with van der Waals surface area (Å²) in [6, 6.07) is 33.7. The molecule has 4 aromatic carbocycles. The molecule has 1 fully saturated rings. The molecule has 4 aromatic rings. The number of aryl methyl sites for hydroxylation is 1. The lowest BCUT2D eigenvalue weighted by atomic mass is 10.1. The van der Waals surface area contributed by atoms with Gasteiger partial charge < -0.3 is 9.47 Å². The summed E-state index contributed by atoms with van der Waals surface area (Å²) in [6.45, 7) is 5.42. The molecular weight excluding hydrogens is 504 g/mol. The minimum Gasteiger partial charge on any atom is -0.490 e. The number of hydrogen-bond donors (Lipinski definition) is 0. The third kappa shape index (κ3) is 6.78. The van der Waals surface area contributed by atoms with Gasteiger partial charge in [0.1, 0.15) is 6.61 Å². The quantitative estimate of drug-likeness (QED) is 0.206. The Labute approximate surface area is 233 Å². The predicted molar refractivity (Wildman–Crippen MR) is 159 cm³/mol. The molecule has 1 aliphatic rings. The van der Waals surface area contributed by atoms with Crippen LogP contribution in [0.15, 0.2) is 113 Å². The molecule has 1 aliphatic heterocycles. The number of carbonyl (C=O) groups excluding carboxylic acids is 1. The van der Waals surface area contributed by atoms with Gasteiger partial charge in [0, 0.05) is 0 Å². The Kier molecular flexibility index (Phi) is 8.44. The second kappa shape index (κ2) is 12.5. The van der Waals surface area contributed by atoms with E-state index in [-0.39, 0.29) is 5.91 Å². The van der Waals surface area contributed by atoms with E-state index in [1.165, 1.54) is 17.3 Å². The Balaban J connectivity index is 1.41. The van der Waals surface area contributed by atoms with Crippen LogP contribution in [0.3, 0.4) is 0 Å². The normalized spacial score (nSPS) is 15.2. The molecular formula is C33H30N2O3S. The van der Waals surface area contributed by atoms with Crippen molar-refractivity contribution in [1.29, 1.82) is 0 Å². The molecule has 1 heterocycles. The molecule has 1 saturated heterocycles. The maximum absolute atomic E-state index is 13.6. The van der Waals surface area contributed by atoms with E-state index >= 15 is 0 Å². The molecule has 5 nitrogen and oxygen atoms in total. The number of amides is 1. The zero-order valence-corrected chi connectivity index (χ0v) is 22.9. The Hall–Kier alpha value is -4.29. The molecule has 39 heavy (non-hydrogen) atoms. The minimum atomic E-state index is -0.0729. The van der Waals surface area contributed by atoms with Gasteiger partial charge in [-0.15, -0.1) is 0 Å². The highest BCUT2D eigenvalue weighted by atomic mass is 32.2. The Bertz CT molecular complexity index is 1500. The van der Waals surface area contributed by atoms with Gasteiger partial charge in [-0.05, 0) is 72.6 Å². The summed E-state index contributed by atoms with van der Waals surface area (Å²) in [6.07, 6.45) is 1.89. The summed E-state index contributed by atoms with van der Waals surface area (Å²) in [5.41, 5.74) is 5.00. The molecule has 196 valence electrons. The summed E-state index contributed by atoms with van der Waals surface area (Å²) in [7, 11) is 0. The first kappa shape index (κ1) is 26.3. The molecule has 0 bridgehead atoms. The lowest BCUT2D eigenvalue weighted by Gasteiger charge is -2.15. The van der Waals surface area contributed by atoms with Gasteiger partial charge in [0.25, 0.3) is 5.91 Å². The van der Waals surface area contributed by atoms with E-state index < -0.39 is 0 Å². The van der Waals surface area contributed by atoms with Gasteiger partial charge in [0.2, 0.25) is 0 Å². The molecule has 0 aromatic heterocycles. The maximum Gasteiger partial charge on any atom is 0.267 e. The molecule has 1 amide bonds. The molecule has 0 N–H and O–H groups in total. The van der Waals surface area contributed by atoms with Gasteiger partial charge in [-0.1, -0.05) is 84.4 Å². The van der Waals surface area contributed by atoms with E-state index in [0.29, 0.717) is 41.3 Å². The van der Waals surface area contributed by atoms with Crippen LogP contribution in [-0.2, 0) is 17.9 Å². The van der Waals surface area contributed by atoms with Crippen molar-refractivity contribution < 1.29 is 14.3 Å². The van der Waals surface area contributed by atoms with Crippen LogP contribution in [0.4, 0.5) is 5.69 Å². The topological polar surface area (TPSA) is 51.1 Å². The van der Waals surface area contributed by atoms with Gasteiger partial charge in [-0.3, -0.25) is 9.69 Å². The minimum absolute atomic E-state index is 0.0729. The van der Waals surface area contributed by atoms with E-state index in [9.17, 15) is 4.79 Å². The zero-order valence-electron chi connectivity index (χ0n) is 22.0. The highest BCUT2D eigenvalue weighted by Crippen LogP contribution is 2.37. The number of hydrogen-bond acceptors (Lipinski definition) is 5. The number of rotatable bonds is 9. The first-order valence-electron chi connectivity index (χ1n) is 12.9. The lowest BCUT2D eigenvalue weighted by Crippen LogP contribution is -2.28. The van der Waals surface area contributed by atoms with Crippen LogP contribution in [0, 0.1) is 6.92 Å². The average molecular weight is 535 g/mol.